The highest BCUT2D eigenvalue weighted by Crippen LogP contribution is 2.25. The molecule has 1 atom stereocenters. The second-order valence-corrected chi connectivity index (χ2v) is 5.55. The molecule has 1 heterocycles. The lowest BCUT2D eigenvalue weighted by Crippen LogP contribution is -2.34. The van der Waals surface area contributed by atoms with E-state index in [9.17, 15) is 19.1 Å². The molecule has 1 aromatic heterocycles. The van der Waals surface area contributed by atoms with Crippen molar-refractivity contribution in [2.75, 3.05) is 13.7 Å². The summed E-state index contributed by atoms with van der Waals surface area (Å²) in [6.07, 6.45) is 0.0600. The Morgan fingerprint density at radius 3 is 2.52 bits per heavy atom. The number of nitrogens with zero attached hydrogens (tertiary/aromatic N) is 2. The number of carboxylic acid groups (broad SMARTS) is 1. The van der Waals surface area contributed by atoms with Gasteiger partial charge in [0.2, 0.25) is 5.91 Å². The van der Waals surface area contributed by atoms with E-state index in [4.69, 9.17) is 4.74 Å². The summed E-state index contributed by atoms with van der Waals surface area (Å²) in [7, 11) is 1.46. The van der Waals surface area contributed by atoms with Gasteiger partial charge in [0, 0.05) is 24.8 Å². The molecule has 1 aromatic carbocycles. The SMILES string of the molecule is COCCC(=O)N[C@H](C(=O)O)c1c(C)nn(-c2ccc(F)cc2)c1C. The number of hydrogen-bond donors (Lipinski definition) is 2. The van der Waals surface area contributed by atoms with E-state index in [1.165, 1.54) is 23.9 Å². The van der Waals surface area contributed by atoms with Gasteiger partial charge in [-0.3, -0.25) is 4.79 Å². The van der Waals surface area contributed by atoms with Gasteiger partial charge in [0.05, 0.1) is 18.0 Å². The molecule has 0 spiro atoms. The summed E-state index contributed by atoms with van der Waals surface area (Å²) in [4.78, 5) is 23.6. The van der Waals surface area contributed by atoms with E-state index in [2.05, 4.69) is 10.4 Å². The fourth-order valence-corrected chi connectivity index (χ4v) is 2.59. The number of halogens is 1. The Morgan fingerprint density at radius 1 is 1.32 bits per heavy atom. The van der Waals surface area contributed by atoms with Crippen LogP contribution < -0.4 is 5.32 Å². The maximum absolute atomic E-state index is 13.1. The number of hydrogen-bond acceptors (Lipinski definition) is 4. The summed E-state index contributed by atoms with van der Waals surface area (Å²) >= 11 is 0. The summed E-state index contributed by atoms with van der Waals surface area (Å²) in [6.45, 7) is 3.57. The van der Waals surface area contributed by atoms with Gasteiger partial charge >= 0.3 is 5.97 Å². The number of aromatic nitrogens is 2. The summed E-state index contributed by atoms with van der Waals surface area (Å²) in [5.74, 6) is -1.99. The van der Waals surface area contributed by atoms with Crippen molar-refractivity contribution in [3.8, 4) is 5.69 Å². The summed E-state index contributed by atoms with van der Waals surface area (Å²) in [6, 6.07) is 4.47. The van der Waals surface area contributed by atoms with Crippen LogP contribution in [0, 0.1) is 19.7 Å². The molecule has 0 unspecified atom stereocenters. The van der Waals surface area contributed by atoms with Crippen molar-refractivity contribution in [3.63, 3.8) is 0 Å². The molecule has 2 aromatic rings. The van der Waals surface area contributed by atoms with Crippen LogP contribution in [0.1, 0.15) is 29.4 Å². The van der Waals surface area contributed by atoms with Crippen LogP contribution >= 0.6 is 0 Å². The van der Waals surface area contributed by atoms with Gasteiger partial charge < -0.3 is 15.2 Å². The van der Waals surface area contributed by atoms with E-state index in [0.29, 0.717) is 22.6 Å². The number of carboxylic acids is 1. The molecular weight excluding hydrogens is 329 g/mol. The highest BCUT2D eigenvalue weighted by Gasteiger charge is 2.28. The average molecular weight is 349 g/mol. The molecule has 7 nitrogen and oxygen atoms in total. The first kappa shape index (κ1) is 18.6. The number of aliphatic carboxylic acids is 1. The number of nitrogens with one attached hydrogen (secondary N) is 1. The quantitative estimate of drug-likeness (QED) is 0.796. The van der Waals surface area contributed by atoms with Crippen molar-refractivity contribution < 1.29 is 23.8 Å². The normalized spacial score (nSPS) is 12.0. The van der Waals surface area contributed by atoms with E-state index in [1.54, 1.807) is 26.0 Å². The fraction of sp³-hybridized carbons (Fsp3) is 0.353. The first-order valence-electron chi connectivity index (χ1n) is 7.68. The van der Waals surface area contributed by atoms with Crippen molar-refractivity contribution in [2.24, 2.45) is 0 Å². The molecule has 2 rings (SSSR count). The van der Waals surface area contributed by atoms with Crippen LogP contribution in [0.25, 0.3) is 5.69 Å². The molecular formula is C17H20FN3O4. The topological polar surface area (TPSA) is 93.4 Å². The molecule has 0 aliphatic heterocycles. The van der Waals surface area contributed by atoms with E-state index in [0.717, 1.165) is 0 Å². The van der Waals surface area contributed by atoms with Crippen LogP contribution in [0.3, 0.4) is 0 Å². The standard InChI is InChI=1S/C17H20FN3O4/c1-10-15(16(17(23)24)19-14(22)8-9-25-3)11(2)21(20-10)13-6-4-12(18)5-7-13/h4-7,16H,8-9H2,1-3H3,(H,19,22)(H,23,24)/t16-/m0/s1. The molecule has 25 heavy (non-hydrogen) atoms. The van der Waals surface area contributed by atoms with Gasteiger partial charge in [-0.15, -0.1) is 0 Å². The minimum absolute atomic E-state index is 0.0600. The molecule has 1 amide bonds. The van der Waals surface area contributed by atoms with Gasteiger partial charge in [-0.05, 0) is 38.1 Å². The second-order valence-electron chi connectivity index (χ2n) is 5.55. The molecule has 0 fully saturated rings. The van der Waals surface area contributed by atoms with Gasteiger partial charge in [0.15, 0.2) is 6.04 Å². The maximum atomic E-state index is 13.1. The molecule has 0 aliphatic carbocycles. The third kappa shape index (κ3) is 4.21. The molecule has 0 saturated heterocycles. The number of aryl methyl sites for hydroxylation is 1. The Kier molecular flexibility index (Phi) is 5.87. The van der Waals surface area contributed by atoms with E-state index in [1.807, 2.05) is 0 Å². The molecule has 0 radical (unpaired) electrons. The lowest BCUT2D eigenvalue weighted by Gasteiger charge is -2.15. The third-order valence-corrected chi connectivity index (χ3v) is 3.79. The minimum atomic E-state index is -1.22. The van der Waals surface area contributed by atoms with Crippen molar-refractivity contribution in [2.45, 2.75) is 26.3 Å². The molecule has 0 bridgehead atoms. The van der Waals surface area contributed by atoms with Crippen LogP contribution in [0.15, 0.2) is 24.3 Å². The lowest BCUT2D eigenvalue weighted by molar-refractivity contribution is -0.142. The van der Waals surface area contributed by atoms with Crippen molar-refractivity contribution in [1.82, 2.24) is 15.1 Å². The zero-order valence-electron chi connectivity index (χ0n) is 14.2. The summed E-state index contributed by atoms with van der Waals surface area (Å²) in [5.41, 5.74) is 2.04. The second kappa shape index (κ2) is 7.89. The Labute approximate surface area is 144 Å². The van der Waals surface area contributed by atoms with Gasteiger partial charge in [-0.2, -0.15) is 5.10 Å². The zero-order chi connectivity index (χ0) is 18.6. The largest absolute Gasteiger partial charge is 0.479 e. The highest BCUT2D eigenvalue weighted by molar-refractivity contribution is 5.85. The van der Waals surface area contributed by atoms with Crippen molar-refractivity contribution >= 4 is 11.9 Å². The molecule has 0 aliphatic rings. The Balaban J connectivity index is 2.37. The van der Waals surface area contributed by atoms with Crippen molar-refractivity contribution in [3.05, 3.63) is 47.0 Å². The first-order chi connectivity index (χ1) is 11.8. The predicted octanol–water partition coefficient (Wildman–Crippen LogP) is 1.91. The number of ether oxygens (including phenoxy) is 1. The maximum Gasteiger partial charge on any atom is 0.331 e. The molecule has 0 saturated carbocycles. The first-order valence-corrected chi connectivity index (χ1v) is 7.68. The van der Waals surface area contributed by atoms with Gasteiger partial charge in [-0.1, -0.05) is 0 Å². The van der Waals surface area contributed by atoms with Gasteiger partial charge in [0.1, 0.15) is 5.82 Å². The summed E-state index contributed by atoms with van der Waals surface area (Å²) < 4.78 is 19.5. The number of carbonyl (C=O) groups excluding carboxylic acids is 1. The Bertz CT molecular complexity index is 771. The smallest absolute Gasteiger partial charge is 0.331 e. The Morgan fingerprint density at radius 2 is 1.96 bits per heavy atom. The lowest BCUT2D eigenvalue weighted by atomic mass is 10.0. The number of rotatable bonds is 7. The average Bonchev–Trinajstić information content (AvgIpc) is 2.86. The fourth-order valence-electron chi connectivity index (χ4n) is 2.59. The van der Waals surface area contributed by atoms with Crippen LogP contribution in [0.2, 0.25) is 0 Å². The Hall–Kier alpha value is -2.74. The van der Waals surface area contributed by atoms with Gasteiger partial charge in [-0.25, -0.2) is 13.9 Å². The van der Waals surface area contributed by atoms with Crippen LogP contribution in [0.4, 0.5) is 4.39 Å². The van der Waals surface area contributed by atoms with E-state index in [-0.39, 0.29) is 18.8 Å². The number of carbonyl (C=O) groups is 2. The van der Waals surface area contributed by atoms with Crippen LogP contribution in [0.5, 0.6) is 0 Å². The predicted molar refractivity (Wildman–Crippen MR) is 88.0 cm³/mol. The van der Waals surface area contributed by atoms with Crippen LogP contribution in [-0.2, 0) is 14.3 Å². The van der Waals surface area contributed by atoms with Crippen molar-refractivity contribution in [1.29, 1.82) is 0 Å². The van der Waals surface area contributed by atoms with Gasteiger partial charge in [0.25, 0.3) is 0 Å². The monoisotopic (exact) mass is 349 g/mol. The molecule has 2 N–H and O–H groups in total. The van der Waals surface area contributed by atoms with E-state index >= 15 is 0 Å². The molecule has 134 valence electrons. The molecule has 8 heteroatoms. The summed E-state index contributed by atoms with van der Waals surface area (Å²) in [5, 5.41) is 16.4. The van der Waals surface area contributed by atoms with E-state index < -0.39 is 17.9 Å². The third-order valence-electron chi connectivity index (χ3n) is 3.79. The number of methoxy groups -OCH3 is 1. The number of benzene rings is 1. The zero-order valence-corrected chi connectivity index (χ0v) is 14.2. The minimum Gasteiger partial charge on any atom is -0.479 e. The van der Waals surface area contributed by atoms with Crippen LogP contribution in [-0.4, -0.2) is 40.5 Å². The highest BCUT2D eigenvalue weighted by atomic mass is 19.1. The number of amides is 1.